The maximum absolute atomic E-state index is 2.32. The van der Waals surface area contributed by atoms with Gasteiger partial charge in [-0.05, 0) is 50.8 Å². The largest absolute Gasteiger partial charge is 0.309 e. The SMILES string of the molecule is CN(C)CC1CCCSCC1. The third kappa shape index (κ3) is 4.02. The monoisotopic (exact) mass is 173 g/mol. The molecule has 0 radical (unpaired) electrons. The van der Waals surface area contributed by atoms with Crippen LogP contribution in [0.3, 0.4) is 0 Å². The predicted octanol–water partition coefficient (Wildman–Crippen LogP) is 2.08. The molecule has 0 N–H and O–H groups in total. The molecule has 1 aliphatic rings. The molecule has 66 valence electrons. The average Bonchev–Trinajstić information content (AvgIpc) is 2.14. The van der Waals surface area contributed by atoms with Gasteiger partial charge in [-0.2, -0.15) is 11.8 Å². The van der Waals surface area contributed by atoms with Gasteiger partial charge in [0.05, 0.1) is 0 Å². The highest BCUT2D eigenvalue weighted by molar-refractivity contribution is 7.99. The third-order valence-electron chi connectivity index (χ3n) is 2.19. The van der Waals surface area contributed by atoms with Crippen molar-refractivity contribution in [2.75, 3.05) is 32.1 Å². The molecule has 1 heterocycles. The Balaban J connectivity index is 2.20. The molecule has 0 saturated carbocycles. The van der Waals surface area contributed by atoms with Gasteiger partial charge in [0, 0.05) is 6.54 Å². The minimum Gasteiger partial charge on any atom is -0.309 e. The van der Waals surface area contributed by atoms with Crippen LogP contribution < -0.4 is 0 Å². The van der Waals surface area contributed by atoms with Gasteiger partial charge in [-0.25, -0.2) is 0 Å². The van der Waals surface area contributed by atoms with Gasteiger partial charge in [0.1, 0.15) is 0 Å². The zero-order chi connectivity index (χ0) is 8.10. The molecule has 0 bridgehead atoms. The van der Waals surface area contributed by atoms with Crippen LogP contribution in [0, 0.1) is 5.92 Å². The van der Waals surface area contributed by atoms with Crippen molar-refractivity contribution in [3.63, 3.8) is 0 Å². The lowest BCUT2D eigenvalue weighted by Crippen LogP contribution is -2.21. The highest BCUT2D eigenvalue weighted by Gasteiger charge is 2.12. The van der Waals surface area contributed by atoms with Crippen molar-refractivity contribution in [1.29, 1.82) is 0 Å². The number of hydrogen-bond acceptors (Lipinski definition) is 2. The van der Waals surface area contributed by atoms with E-state index >= 15 is 0 Å². The maximum atomic E-state index is 2.32. The van der Waals surface area contributed by atoms with Gasteiger partial charge in [0.25, 0.3) is 0 Å². The summed E-state index contributed by atoms with van der Waals surface area (Å²) in [4.78, 5) is 2.32. The second kappa shape index (κ2) is 5.04. The van der Waals surface area contributed by atoms with E-state index < -0.39 is 0 Å². The highest BCUT2D eigenvalue weighted by Crippen LogP contribution is 2.22. The second-order valence-corrected chi connectivity index (χ2v) is 4.90. The molecular weight excluding hydrogens is 154 g/mol. The summed E-state index contributed by atoms with van der Waals surface area (Å²) in [5.41, 5.74) is 0. The molecule has 0 aliphatic carbocycles. The van der Waals surface area contributed by atoms with E-state index in [0.717, 1.165) is 5.92 Å². The first-order valence-electron chi connectivity index (χ1n) is 4.51. The summed E-state index contributed by atoms with van der Waals surface area (Å²) in [5, 5.41) is 0. The first-order chi connectivity index (χ1) is 5.29. The lowest BCUT2D eigenvalue weighted by molar-refractivity contribution is 0.308. The first-order valence-corrected chi connectivity index (χ1v) is 5.67. The van der Waals surface area contributed by atoms with Crippen LogP contribution in [0.1, 0.15) is 19.3 Å². The molecule has 1 unspecified atom stereocenters. The molecule has 1 nitrogen and oxygen atoms in total. The average molecular weight is 173 g/mol. The topological polar surface area (TPSA) is 3.24 Å². The lowest BCUT2D eigenvalue weighted by atomic mass is 10.0. The van der Waals surface area contributed by atoms with E-state index in [1.807, 2.05) is 0 Å². The Morgan fingerprint density at radius 2 is 2.09 bits per heavy atom. The Hall–Kier alpha value is 0.310. The van der Waals surface area contributed by atoms with Crippen LogP contribution >= 0.6 is 11.8 Å². The predicted molar refractivity (Wildman–Crippen MR) is 53.2 cm³/mol. The van der Waals surface area contributed by atoms with Crippen molar-refractivity contribution in [2.45, 2.75) is 19.3 Å². The minimum absolute atomic E-state index is 0.972. The first kappa shape index (κ1) is 9.40. The van der Waals surface area contributed by atoms with Crippen molar-refractivity contribution in [3.05, 3.63) is 0 Å². The fraction of sp³-hybridized carbons (Fsp3) is 1.00. The Morgan fingerprint density at radius 3 is 2.82 bits per heavy atom. The zero-order valence-corrected chi connectivity index (χ0v) is 8.49. The summed E-state index contributed by atoms with van der Waals surface area (Å²) >= 11 is 2.13. The van der Waals surface area contributed by atoms with Crippen molar-refractivity contribution in [1.82, 2.24) is 4.90 Å². The van der Waals surface area contributed by atoms with E-state index in [4.69, 9.17) is 0 Å². The van der Waals surface area contributed by atoms with Crippen LogP contribution in [-0.2, 0) is 0 Å². The maximum Gasteiger partial charge on any atom is 0.000386 e. The Kier molecular flexibility index (Phi) is 4.31. The summed E-state index contributed by atoms with van der Waals surface area (Å²) in [5.74, 6) is 3.75. The summed E-state index contributed by atoms with van der Waals surface area (Å²) in [6.07, 6.45) is 4.32. The molecule has 1 aliphatic heterocycles. The van der Waals surface area contributed by atoms with Crippen LogP contribution in [0.2, 0.25) is 0 Å². The summed E-state index contributed by atoms with van der Waals surface area (Å²) in [7, 11) is 4.36. The normalized spacial score (nSPS) is 27.0. The molecule has 1 fully saturated rings. The fourth-order valence-electron chi connectivity index (χ4n) is 1.67. The van der Waals surface area contributed by atoms with Gasteiger partial charge >= 0.3 is 0 Å². The van der Waals surface area contributed by atoms with E-state index in [1.54, 1.807) is 0 Å². The van der Waals surface area contributed by atoms with Gasteiger partial charge in [-0.15, -0.1) is 0 Å². The molecule has 0 spiro atoms. The van der Waals surface area contributed by atoms with E-state index in [-0.39, 0.29) is 0 Å². The van der Waals surface area contributed by atoms with Crippen molar-refractivity contribution < 1.29 is 0 Å². The molecule has 0 aromatic heterocycles. The smallest absolute Gasteiger partial charge is 0.000386 e. The fourth-order valence-corrected chi connectivity index (χ4v) is 2.74. The van der Waals surface area contributed by atoms with Crippen molar-refractivity contribution >= 4 is 11.8 Å². The number of rotatable bonds is 2. The molecule has 1 rings (SSSR count). The Labute approximate surface area is 74.5 Å². The molecule has 1 atom stereocenters. The summed E-state index contributed by atoms with van der Waals surface area (Å²) in [6, 6.07) is 0. The van der Waals surface area contributed by atoms with Crippen LogP contribution in [-0.4, -0.2) is 37.0 Å². The molecule has 2 heteroatoms. The molecule has 0 amide bonds. The van der Waals surface area contributed by atoms with Gasteiger partial charge < -0.3 is 4.90 Å². The Bertz CT molecular complexity index is 95.7. The lowest BCUT2D eigenvalue weighted by Gasteiger charge is -2.18. The van der Waals surface area contributed by atoms with E-state index in [1.165, 1.54) is 37.3 Å². The number of thioether (sulfide) groups is 1. The number of hydrogen-bond donors (Lipinski definition) is 0. The molecule has 0 aromatic rings. The Morgan fingerprint density at radius 1 is 1.27 bits per heavy atom. The molecule has 11 heavy (non-hydrogen) atoms. The van der Waals surface area contributed by atoms with Crippen LogP contribution in [0.4, 0.5) is 0 Å². The van der Waals surface area contributed by atoms with Crippen molar-refractivity contribution in [2.24, 2.45) is 5.92 Å². The summed E-state index contributed by atoms with van der Waals surface area (Å²) in [6.45, 7) is 1.29. The van der Waals surface area contributed by atoms with Crippen LogP contribution in [0.25, 0.3) is 0 Å². The number of nitrogens with zero attached hydrogens (tertiary/aromatic N) is 1. The molecule has 0 aromatic carbocycles. The molecule has 1 saturated heterocycles. The minimum atomic E-state index is 0.972. The van der Waals surface area contributed by atoms with Gasteiger partial charge in [0.2, 0.25) is 0 Å². The van der Waals surface area contributed by atoms with Gasteiger partial charge in [0.15, 0.2) is 0 Å². The quantitative estimate of drug-likeness (QED) is 0.629. The molecular formula is C9H19NS. The standard InChI is InChI=1S/C9H19NS/c1-10(2)8-9-4-3-6-11-7-5-9/h9H,3-8H2,1-2H3. The zero-order valence-electron chi connectivity index (χ0n) is 7.68. The van der Waals surface area contributed by atoms with E-state index in [2.05, 4.69) is 30.8 Å². The van der Waals surface area contributed by atoms with E-state index in [9.17, 15) is 0 Å². The van der Waals surface area contributed by atoms with Gasteiger partial charge in [-0.1, -0.05) is 0 Å². The van der Waals surface area contributed by atoms with Crippen LogP contribution in [0.15, 0.2) is 0 Å². The van der Waals surface area contributed by atoms with Crippen LogP contribution in [0.5, 0.6) is 0 Å². The van der Waals surface area contributed by atoms with Crippen molar-refractivity contribution in [3.8, 4) is 0 Å². The van der Waals surface area contributed by atoms with E-state index in [0.29, 0.717) is 0 Å². The third-order valence-corrected chi connectivity index (χ3v) is 3.30. The van der Waals surface area contributed by atoms with Gasteiger partial charge in [-0.3, -0.25) is 0 Å². The summed E-state index contributed by atoms with van der Waals surface area (Å²) < 4.78 is 0. The highest BCUT2D eigenvalue weighted by atomic mass is 32.2. The second-order valence-electron chi connectivity index (χ2n) is 3.67.